The summed E-state index contributed by atoms with van der Waals surface area (Å²) < 4.78 is 37.2. The standard InChI is InChI=1S/C9H8BrFO/c1-12-8-4-2-7(3-5-8)6-9(10)11/h2-6H,1H3/i1D3. The van der Waals surface area contributed by atoms with Gasteiger partial charge in [0.05, 0.1) is 11.2 Å². The van der Waals surface area contributed by atoms with E-state index < -0.39 is 11.8 Å². The van der Waals surface area contributed by atoms with Crippen LogP contribution in [-0.4, -0.2) is 7.04 Å². The number of ether oxygens (including phenoxy) is 1. The fraction of sp³-hybridized carbons (Fsp3) is 0.111. The smallest absolute Gasteiger partial charge is 0.166 e. The minimum atomic E-state index is -2.46. The summed E-state index contributed by atoms with van der Waals surface area (Å²) >= 11 is 2.65. The Balaban J connectivity index is 2.77. The fourth-order valence-corrected chi connectivity index (χ4v) is 1.02. The number of hydrogen-bond acceptors (Lipinski definition) is 1. The summed E-state index contributed by atoms with van der Waals surface area (Å²) in [6.45, 7) is 0. The molecule has 0 aromatic heterocycles. The van der Waals surface area contributed by atoms with Crippen LogP contribution in [0.25, 0.3) is 6.08 Å². The third kappa shape index (κ3) is 2.66. The molecule has 0 atom stereocenters. The maximum atomic E-state index is 12.4. The summed E-state index contributed by atoms with van der Waals surface area (Å²) in [5.41, 5.74) is 0.613. The average Bonchev–Trinajstić information content (AvgIpc) is 2.05. The lowest BCUT2D eigenvalue weighted by Crippen LogP contribution is -1.81. The zero-order valence-corrected chi connectivity index (χ0v) is 7.64. The highest BCUT2D eigenvalue weighted by molar-refractivity contribution is 9.11. The van der Waals surface area contributed by atoms with Gasteiger partial charge in [0.1, 0.15) is 5.75 Å². The first kappa shape index (κ1) is 5.75. The summed E-state index contributed by atoms with van der Waals surface area (Å²) in [6.07, 6.45) is 1.26. The van der Waals surface area contributed by atoms with E-state index in [4.69, 9.17) is 4.11 Å². The topological polar surface area (TPSA) is 9.23 Å². The average molecular weight is 234 g/mol. The predicted molar refractivity (Wildman–Crippen MR) is 51.0 cm³/mol. The number of rotatable bonds is 2. The Bertz CT molecular complexity index is 355. The molecule has 1 nitrogen and oxygen atoms in total. The molecule has 0 saturated heterocycles. The lowest BCUT2D eigenvalue weighted by Gasteiger charge is -1.98. The van der Waals surface area contributed by atoms with Gasteiger partial charge in [-0.3, -0.25) is 0 Å². The molecule has 1 aromatic rings. The van der Waals surface area contributed by atoms with Crippen molar-refractivity contribution in [1.82, 2.24) is 0 Å². The lowest BCUT2D eigenvalue weighted by molar-refractivity contribution is 0.415. The summed E-state index contributed by atoms with van der Waals surface area (Å²) in [4.78, 5) is 0. The maximum Gasteiger partial charge on any atom is 0.166 e. The number of methoxy groups -OCH3 is 1. The second-order valence-corrected chi connectivity index (χ2v) is 2.86. The van der Waals surface area contributed by atoms with Gasteiger partial charge in [0.15, 0.2) is 4.74 Å². The molecule has 12 heavy (non-hydrogen) atoms. The number of benzene rings is 1. The number of halogens is 2. The van der Waals surface area contributed by atoms with Crippen LogP contribution in [0.4, 0.5) is 4.39 Å². The Labute approximate surface area is 83.2 Å². The molecule has 1 aromatic carbocycles. The highest BCUT2D eigenvalue weighted by Crippen LogP contribution is 2.16. The van der Waals surface area contributed by atoms with Crippen molar-refractivity contribution >= 4 is 22.0 Å². The first-order valence-corrected chi connectivity index (χ1v) is 3.98. The molecule has 0 saturated carbocycles. The van der Waals surface area contributed by atoms with Gasteiger partial charge >= 0.3 is 0 Å². The quantitative estimate of drug-likeness (QED) is 0.762. The van der Waals surface area contributed by atoms with Gasteiger partial charge < -0.3 is 4.74 Å². The highest BCUT2D eigenvalue weighted by atomic mass is 79.9. The minimum absolute atomic E-state index is 0.224. The van der Waals surface area contributed by atoms with E-state index in [-0.39, 0.29) is 5.75 Å². The molecule has 0 bridgehead atoms. The SMILES string of the molecule is [2H]C([2H])([2H])Oc1ccc(C=C(F)Br)cc1. The van der Waals surface area contributed by atoms with E-state index in [1.54, 1.807) is 12.1 Å². The normalized spacial score (nSPS) is 16.2. The van der Waals surface area contributed by atoms with Crippen LogP contribution >= 0.6 is 15.9 Å². The zero-order valence-electron chi connectivity index (χ0n) is 9.05. The van der Waals surface area contributed by atoms with Gasteiger partial charge in [0.2, 0.25) is 0 Å². The van der Waals surface area contributed by atoms with Crippen molar-refractivity contribution in [3.8, 4) is 5.75 Å². The molecule has 0 aliphatic carbocycles. The van der Waals surface area contributed by atoms with Gasteiger partial charge in [-0.2, -0.15) is 4.39 Å². The van der Waals surface area contributed by atoms with E-state index in [1.807, 2.05) is 0 Å². The third-order valence-corrected chi connectivity index (χ3v) is 1.50. The van der Waals surface area contributed by atoms with Crippen LogP contribution < -0.4 is 4.74 Å². The molecule has 0 N–H and O–H groups in total. The first-order valence-electron chi connectivity index (χ1n) is 4.68. The molecule has 0 fully saturated rings. The minimum Gasteiger partial charge on any atom is -0.497 e. The van der Waals surface area contributed by atoms with Crippen molar-refractivity contribution in [2.45, 2.75) is 0 Å². The maximum absolute atomic E-state index is 12.4. The van der Waals surface area contributed by atoms with Crippen LogP contribution in [0, 0.1) is 0 Å². The van der Waals surface area contributed by atoms with Crippen LogP contribution in [0.5, 0.6) is 5.75 Å². The van der Waals surface area contributed by atoms with Gasteiger partial charge in [-0.05, 0) is 39.7 Å². The van der Waals surface area contributed by atoms with Gasteiger partial charge in [0, 0.05) is 0 Å². The van der Waals surface area contributed by atoms with E-state index in [1.165, 1.54) is 18.2 Å². The Morgan fingerprint density at radius 2 is 2.25 bits per heavy atom. The summed E-state index contributed by atoms with van der Waals surface area (Å²) in [5.74, 6) is 0.224. The molecular formula is C9H8BrFO. The second-order valence-electron chi connectivity index (χ2n) is 2.11. The van der Waals surface area contributed by atoms with Crippen molar-refractivity contribution in [1.29, 1.82) is 0 Å². The van der Waals surface area contributed by atoms with Gasteiger partial charge in [0.25, 0.3) is 0 Å². The molecule has 0 amide bonds. The highest BCUT2D eigenvalue weighted by Gasteiger charge is 1.91. The van der Waals surface area contributed by atoms with Gasteiger partial charge in [-0.25, -0.2) is 0 Å². The molecule has 1 rings (SSSR count). The first-order chi connectivity index (χ1) is 6.87. The van der Waals surface area contributed by atoms with Crippen LogP contribution in [0.15, 0.2) is 29.0 Å². The van der Waals surface area contributed by atoms with Crippen molar-refractivity contribution in [2.24, 2.45) is 0 Å². The van der Waals surface area contributed by atoms with Gasteiger partial charge in [-0.1, -0.05) is 12.1 Å². The molecule has 0 unspecified atom stereocenters. The monoisotopic (exact) mass is 233 g/mol. The molecule has 64 valence electrons. The van der Waals surface area contributed by atoms with Crippen molar-refractivity contribution in [2.75, 3.05) is 7.04 Å². The Morgan fingerprint density at radius 1 is 1.58 bits per heavy atom. The lowest BCUT2D eigenvalue weighted by atomic mass is 10.2. The van der Waals surface area contributed by atoms with E-state index >= 15 is 0 Å². The largest absolute Gasteiger partial charge is 0.497 e. The van der Waals surface area contributed by atoms with Crippen molar-refractivity contribution in [3.63, 3.8) is 0 Å². The van der Waals surface area contributed by atoms with E-state index in [0.29, 0.717) is 5.56 Å². The van der Waals surface area contributed by atoms with Crippen molar-refractivity contribution in [3.05, 3.63) is 34.6 Å². The third-order valence-electron chi connectivity index (χ3n) is 1.27. The van der Waals surface area contributed by atoms with Crippen LogP contribution in [0.3, 0.4) is 0 Å². The zero-order chi connectivity index (χ0) is 11.5. The van der Waals surface area contributed by atoms with E-state index in [0.717, 1.165) is 0 Å². The Kier molecular flexibility index (Phi) is 2.04. The van der Waals surface area contributed by atoms with E-state index in [9.17, 15) is 4.39 Å². The Hall–Kier alpha value is -0.830. The Morgan fingerprint density at radius 3 is 2.75 bits per heavy atom. The molecule has 3 heteroatoms. The van der Waals surface area contributed by atoms with Gasteiger partial charge in [-0.15, -0.1) is 0 Å². The molecule has 0 heterocycles. The van der Waals surface area contributed by atoms with Crippen LogP contribution in [0.1, 0.15) is 9.68 Å². The molecular weight excluding hydrogens is 223 g/mol. The van der Waals surface area contributed by atoms with E-state index in [2.05, 4.69) is 20.7 Å². The van der Waals surface area contributed by atoms with Crippen LogP contribution in [0.2, 0.25) is 0 Å². The fourth-order valence-electron chi connectivity index (χ4n) is 0.758. The molecule has 0 spiro atoms. The summed E-state index contributed by atoms with van der Waals surface area (Å²) in [7, 11) is -2.46. The predicted octanol–water partition coefficient (Wildman–Crippen LogP) is 3.36. The summed E-state index contributed by atoms with van der Waals surface area (Å²) in [6, 6.07) is 6.05. The van der Waals surface area contributed by atoms with Crippen LogP contribution in [-0.2, 0) is 0 Å². The molecule has 0 aliphatic heterocycles. The summed E-state index contributed by atoms with van der Waals surface area (Å²) in [5, 5.41) is 0. The molecule has 0 radical (unpaired) electrons. The second kappa shape index (κ2) is 4.26. The van der Waals surface area contributed by atoms with Crippen molar-refractivity contribution < 1.29 is 13.2 Å². The number of hydrogen-bond donors (Lipinski definition) is 0. The molecule has 0 aliphatic rings.